The normalized spacial score (nSPS) is 26.4. The van der Waals surface area contributed by atoms with E-state index in [0.717, 1.165) is 32.4 Å². The molecule has 1 N–H and O–H groups in total. The number of fused-ring (bicyclic) bond motifs is 5. The van der Waals surface area contributed by atoms with Gasteiger partial charge < -0.3 is 14.5 Å². The molecule has 5 nitrogen and oxygen atoms in total. The molecule has 146 valence electrons. The van der Waals surface area contributed by atoms with Gasteiger partial charge in [0.15, 0.2) is 0 Å². The average molecular weight is 370 g/mol. The fourth-order valence-electron chi connectivity index (χ4n) is 5.36. The zero-order chi connectivity index (χ0) is 19.0. The summed E-state index contributed by atoms with van der Waals surface area (Å²) < 4.78 is 10.5. The molecule has 1 saturated heterocycles. The van der Waals surface area contributed by atoms with Crippen molar-refractivity contribution in [3.8, 4) is 0 Å². The highest BCUT2D eigenvalue weighted by molar-refractivity contribution is 5.85. The lowest BCUT2D eigenvalue weighted by Crippen LogP contribution is -2.49. The Kier molecular flexibility index (Phi) is 5.24. The Labute approximate surface area is 161 Å². The number of H-pyrrole nitrogens is 1. The number of para-hydroxylation sites is 1. The molecular formula is C22H30N2O3. The third kappa shape index (κ3) is 3.17. The summed E-state index contributed by atoms with van der Waals surface area (Å²) in [7, 11) is 3.15. The number of hydrogen-bond donors (Lipinski definition) is 1. The minimum Gasteiger partial charge on any atom is -0.469 e. The summed E-state index contributed by atoms with van der Waals surface area (Å²) in [4.78, 5) is 18.8. The van der Waals surface area contributed by atoms with Crippen molar-refractivity contribution in [2.75, 3.05) is 33.9 Å². The first-order chi connectivity index (χ1) is 13.2. The minimum absolute atomic E-state index is 0.138. The molecule has 3 heterocycles. The smallest absolute Gasteiger partial charge is 0.311 e. The lowest BCUT2D eigenvalue weighted by molar-refractivity contribution is -0.152. The van der Waals surface area contributed by atoms with Crippen molar-refractivity contribution in [3.63, 3.8) is 0 Å². The summed E-state index contributed by atoms with van der Waals surface area (Å²) >= 11 is 0. The summed E-state index contributed by atoms with van der Waals surface area (Å²) in [5.74, 6) is 0.440. The maximum absolute atomic E-state index is 12.5. The molecule has 1 unspecified atom stereocenters. The van der Waals surface area contributed by atoms with E-state index < -0.39 is 0 Å². The number of aromatic amines is 1. The first-order valence-corrected chi connectivity index (χ1v) is 10.1. The molecule has 1 fully saturated rings. The van der Waals surface area contributed by atoms with Gasteiger partial charge in [-0.1, -0.05) is 31.5 Å². The molecule has 1 aromatic carbocycles. The number of rotatable bonds is 5. The molecule has 0 aliphatic carbocycles. The molecule has 0 bridgehead atoms. The third-order valence-corrected chi connectivity index (χ3v) is 6.73. The molecule has 5 heteroatoms. The number of piperidine rings is 1. The Morgan fingerprint density at radius 3 is 2.89 bits per heavy atom. The second-order valence-corrected chi connectivity index (χ2v) is 7.98. The number of aromatic nitrogens is 1. The second-order valence-electron chi connectivity index (χ2n) is 7.98. The Morgan fingerprint density at radius 1 is 1.33 bits per heavy atom. The number of nitrogens with one attached hydrogen (secondary N) is 1. The van der Waals surface area contributed by atoms with Gasteiger partial charge in [0.25, 0.3) is 0 Å². The number of carbonyl (C=O) groups excluding carboxylic acids is 1. The van der Waals surface area contributed by atoms with E-state index in [2.05, 4.69) is 41.1 Å². The van der Waals surface area contributed by atoms with Crippen LogP contribution in [0.3, 0.4) is 0 Å². The standard InChI is InChI=1S/C22H30N2O3/c1-4-14-12-24-10-9-16-15-7-5-6-8-19(15)23-21(16)20(24)11-17(14)18(13-26-2)22(25)27-3/h5-8,14,17-18,20,23H,4,9-13H2,1-3H3/t14-,17-,18?,20+/m0/s1. The van der Waals surface area contributed by atoms with Crippen LogP contribution in [0, 0.1) is 17.8 Å². The van der Waals surface area contributed by atoms with Gasteiger partial charge in [-0.05, 0) is 36.3 Å². The van der Waals surface area contributed by atoms with E-state index >= 15 is 0 Å². The molecule has 1 aromatic heterocycles. The van der Waals surface area contributed by atoms with Gasteiger partial charge >= 0.3 is 5.97 Å². The van der Waals surface area contributed by atoms with Crippen LogP contribution in [0.4, 0.5) is 0 Å². The molecule has 0 saturated carbocycles. The predicted octanol–water partition coefficient (Wildman–Crippen LogP) is 3.55. The van der Waals surface area contributed by atoms with Crippen molar-refractivity contribution < 1.29 is 14.3 Å². The van der Waals surface area contributed by atoms with E-state index in [4.69, 9.17) is 9.47 Å². The zero-order valence-corrected chi connectivity index (χ0v) is 16.5. The first kappa shape index (κ1) is 18.5. The summed E-state index contributed by atoms with van der Waals surface area (Å²) in [5, 5.41) is 1.35. The van der Waals surface area contributed by atoms with Crippen molar-refractivity contribution >= 4 is 16.9 Å². The van der Waals surface area contributed by atoms with E-state index in [1.807, 2.05) is 0 Å². The van der Waals surface area contributed by atoms with Gasteiger partial charge in [-0.3, -0.25) is 9.69 Å². The fraction of sp³-hybridized carbons (Fsp3) is 0.591. The summed E-state index contributed by atoms with van der Waals surface area (Å²) in [5.41, 5.74) is 4.03. The van der Waals surface area contributed by atoms with E-state index in [0.29, 0.717) is 18.6 Å². The van der Waals surface area contributed by atoms with Gasteiger partial charge in [-0.2, -0.15) is 0 Å². The van der Waals surface area contributed by atoms with Crippen LogP contribution in [0.2, 0.25) is 0 Å². The van der Waals surface area contributed by atoms with Gasteiger partial charge in [-0.15, -0.1) is 0 Å². The topological polar surface area (TPSA) is 54.6 Å². The molecule has 2 aromatic rings. The van der Waals surface area contributed by atoms with Crippen LogP contribution in [0.15, 0.2) is 24.3 Å². The number of hydrogen-bond acceptors (Lipinski definition) is 4. The monoisotopic (exact) mass is 370 g/mol. The van der Waals surface area contributed by atoms with Gasteiger partial charge in [0, 0.05) is 36.8 Å². The number of methoxy groups -OCH3 is 2. The molecule has 2 aliphatic rings. The Balaban J connectivity index is 1.69. The largest absolute Gasteiger partial charge is 0.469 e. The summed E-state index contributed by atoms with van der Waals surface area (Å²) in [6.45, 7) is 4.80. The molecule has 0 amide bonds. The molecule has 4 atom stereocenters. The fourth-order valence-corrected chi connectivity index (χ4v) is 5.36. The minimum atomic E-state index is -0.193. The quantitative estimate of drug-likeness (QED) is 0.818. The maximum Gasteiger partial charge on any atom is 0.311 e. The third-order valence-electron chi connectivity index (χ3n) is 6.73. The van der Waals surface area contributed by atoms with Gasteiger partial charge in [-0.25, -0.2) is 0 Å². The van der Waals surface area contributed by atoms with Gasteiger partial charge in [0.1, 0.15) is 0 Å². The zero-order valence-electron chi connectivity index (χ0n) is 16.5. The number of carbonyl (C=O) groups is 1. The van der Waals surface area contributed by atoms with Crippen molar-refractivity contribution in [1.29, 1.82) is 0 Å². The number of benzene rings is 1. The second kappa shape index (κ2) is 7.64. The van der Waals surface area contributed by atoms with Crippen LogP contribution in [-0.2, 0) is 20.7 Å². The van der Waals surface area contributed by atoms with E-state index in [-0.39, 0.29) is 17.8 Å². The van der Waals surface area contributed by atoms with Crippen LogP contribution in [-0.4, -0.2) is 49.8 Å². The Morgan fingerprint density at radius 2 is 2.15 bits per heavy atom. The van der Waals surface area contributed by atoms with Crippen molar-refractivity contribution in [2.24, 2.45) is 17.8 Å². The first-order valence-electron chi connectivity index (χ1n) is 10.1. The highest BCUT2D eigenvalue weighted by Crippen LogP contribution is 2.46. The summed E-state index contributed by atoms with van der Waals surface area (Å²) in [6, 6.07) is 8.93. The van der Waals surface area contributed by atoms with E-state index in [1.165, 1.54) is 29.3 Å². The molecule has 0 spiro atoms. The molecule has 0 radical (unpaired) electrons. The van der Waals surface area contributed by atoms with Crippen LogP contribution in [0.1, 0.15) is 37.1 Å². The van der Waals surface area contributed by atoms with Gasteiger partial charge in [0.05, 0.1) is 25.7 Å². The Hall–Kier alpha value is -1.85. The SMILES string of the molecule is CC[C@H]1CN2CCc3c([nH]c4ccccc34)[C@H]2C[C@@H]1C(COC)C(=O)OC. The van der Waals surface area contributed by atoms with Crippen molar-refractivity contribution in [3.05, 3.63) is 35.5 Å². The molecular weight excluding hydrogens is 340 g/mol. The number of ether oxygens (including phenoxy) is 2. The van der Waals surface area contributed by atoms with E-state index in [1.54, 1.807) is 7.11 Å². The van der Waals surface area contributed by atoms with Gasteiger partial charge in [0.2, 0.25) is 0 Å². The Bertz CT molecular complexity index is 815. The van der Waals surface area contributed by atoms with E-state index in [9.17, 15) is 4.79 Å². The van der Waals surface area contributed by atoms with Crippen molar-refractivity contribution in [2.45, 2.75) is 32.2 Å². The number of esters is 1. The maximum atomic E-state index is 12.5. The van der Waals surface area contributed by atoms with Crippen molar-refractivity contribution in [1.82, 2.24) is 9.88 Å². The molecule has 2 aliphatic heterocycles. The van der Waals surface area contributed by atoms with Crippen LogP contribution < -0.4 is 0 Å². The summed E-state index contributed by atoms with van der Waals surface area (Å²) in [6.07, 6.45) is 3.14. The number of nitrogens with zero attached hydrogens (tertiary/aromatic N) is 1. The lowest BCUT2D eigenvalue weighted by Gasteiger charge is -2.47. The molecule has 4 rings (SSSR count). The predicted molar refractivity (Wildman–Crippen MR) is 106 cm³/mol. The van der Waals surface area contributed by atoms with Crippen LogP contribution >= 0.6 is 0 Å². The lowest BCUT2D eigenvalue weighted by atomic mass is 9.71. The van der Waals surface area contributed by atoms with Crippen LogP contribution in [0.5, 0.6) is 0 Å². The molecule has 27 heavy (non-hydrogen) atoms. The highest BCUT2D eigenvalue weighted by atomic mass is 16.5. The van der Waals surface area contributed by atoms with Crippen LogP contribution in [0.25, 0.3) is 10.9 Å². The highest BCUT2D eigenvalue weighted by Gasteiger charge is 2.44. The average Bonchev–Trinajstić information content (AvgIpc) is 3.09.